The molecular formula is C50H82N6O15. The number of carbonyl (C=O) groups is 8. The predicted molar refractivity (Wildman–Crippen MR) is 262 cm³/mol. The molecule has 3 atom stereocenters. The summed E-state index contributed by atoms with van der Waals surface area (Å²) in [5.74, 6) is -4.07. The first-order valence-corrected chi connectivity index (χ1v) is 25.5. The second-order valence-electron chi connectivity index (χ2n) is 17.8. The van der Waals surface area contributed by atoms with Crippen LogP contribution in [0.25, 0.3) is 0 Å². The molecule has 1 aromatic carbocycles. The van der Waals surface area contributed by atoms with Crippen molar-refractivity contribution in [2.45, 2.75) is 153 Å². The van der Waals surface area contributed by atoms with Crippen LogP contribution >= 0.6 is 0 Å². The number of carbonyl (C=O) groups excluding carboxylic acids is 6. The van der Waals surface area contributed by atoms with Gasteiger partial charge in [-0.05, 0) is 56.2 Å². The number of nitrogens with two attached hydrogens (primary N) is 1. The first kappa shape index (κ1) is 61.9. The van der Waals surface area contributed by atoms with E-state index in [0.717, 1.165) is 50.5 Å². The van der Waals surface area contributed by atoms with Gasteiger partial charge in [-0.25, -0.2) is 4.79 Å². The van der Waals surface area contributed by atoms with Gasteiger partial charge in [0.25, 0.3) is 0 Å². The molecule has 21 heteroatoms. The van der Waals surface area contributed by atoms with Crippen molar-refractivity contribution in [3.8, 4) is 5.75 Å². The number of benzene rings is 1. The third-order valence-corrected chi connectivity index (χ3v) is 11.9. The molecule has 0 aliphatic carbocycles. The van der Waals surface area contributed by atoms with Crippen molar-refractivity contribution < 1.29 is 72.6 Å². The fraction of sp³-hybridized carbons (Fsp3) is 0.720. The molecule has 1 fully saturated rings. The van der Waals surface area contributed by atoms with Crippen molar-refractivity contribution in [3.05, 3.63) is 29.8 Å². The van der Waals surface area contributed by atoms with Crippen LogP contribution in [-0.2, 0) is 63.7 Å². The highest BCUT2D eigenvalue weighted by atomic mass is 16.5. The number of likely N-dealkylation sites (tertiary alicyclic amines) is 1. The fourth-order valence-corrected chi connectivity index (χ4v) is 7.88. The number of ether oxygens (including phenoxy) is 4. The average molecular weight is 1010 g/mol. The Bertz CT molecular complexity index is 1720. The lowest BCUT2D eigenvalue weighted by Gasteiger charge is -2.24. The van der Waals surface area contributed by atoms with Gasteiger partial charge in [-0.2, -0.15) is 0 Å². The summed E-state index contributed by atoms with van der Waals surface area (Å²) < 4.78 is 21.6. The summed E-state index contributed by atoms with van der Waals surface area (Å²) in [4.78, 5) is 98.2. The number of aromatic hydroxyl groups is 1. The molecule has 1 aliphatic heterocycles. The van der Waals surface area contributed by atoms with E-state index in [1.165, 1.54) is 55.6 Å². The monoisotopic (exact) mass is 1010 g/mol. The fourth-order valence-electron chi connectivity index (χ4n) is 7.88. The number of ketones is 1. The van der Waals surface area contributed by atoms with Gasteiger partial charge in [0.1, 0.15) is 25.0 Å². The highest BCUT2D eigenvalue weighted by Gasteiger charge is 2.34. The van der Waals surface area contributed by atoms with Gasteiger partial charge >= 0.3 is 11.9 Å². The smallest absolute Gasteiger partial charge is 0.326 e. The Balaban J connectivity index is 1.39. The molecule has 0 saturated carbocycles. The lowest BCUT2D eigenvalue weighted by Crippen LogP contribution is -2.49. The minimum Gasteiger partial charge on any atom is -0.508 e. The zero-order chi connectivity index (χ0) is 51.9. The van der Waals surface area contributed by atoms with E-state index < -0.39 is 36.0 Å². The molecule has 0 aromatic heterocycles. The number of rotatable bonds is 45. The molecule has 1 heterocycles. The van der Waals surface area contributed by atoms with Gasteiger partial charge in [0.2, 0.25) is 29.5 Å². The highest BCUT2D eigenvalue weighted by molar-refractivity contribution is 5.92. The molecule has 9 N–H and O–H groups in total. The van der Waals surface area contributed by atoms with Crippen molar-refractivity contribution in [2.75, 3.05) is 79.0 Å². The molecule has 402 valence electrons. The molecule has 21 nitrogen and oxygen atoms in total. The SMILES string of the molecule is NC(=O)[C@H](Cc1ccc(O)cc1)NCC(=O)[C@@H]1CCCN1C(=O)COCCOCCNC(=O)COCCOCCNC(=O)CCC(NC(=O)CCCCCCCCCCCCCCCCC(=O)O)C(=O)O. The van der Waals surface area contributed by atoms with E-state index in [1.54, 1.807) is 12.1 Å². The van der Waals surface area contributed by atoms with E-state index >= 15 is 0 Å². The number of hydrogen-bond acceptors (Lipinski definition) is 14. The van der Waals surface area contributed by atoms with Crippen molar-refractivity contribution in [1.29, 1.82) is 0 Å². The van der Waals surface area contributed by atoms with Crippen molar-refractivity contribution >= 4 is 47.3 Å². The maximum atomic E-state index is 13.0. The maximum absolute atomic E-state index is 13.0. The predicted octanol–water partition coefficient (Wildman–Crippen LogP) is 2.91. The second-order valence-corrected chi connectivity index (χ2v) is 17.8. The van der Waals surface area contributed by atoms with Crippen LogP contribution in [0.5, 0.6) is 5.75 Å². The molecule has 0 bridgehead atoms. The molecule has 0 spiro atoms. The molecular weight excluding hydrogens is 925 g/mol. The topological polar surface area (TPSA) is 312 Å². The lowest BCUT2D eigenvalue weighted by atomic mass is 10.0. The first-order valence-electron chi connectivity index (χ1n) is 25.5. The molecule has 1 unspecified atom stereocenters. The van der Waals surface area contributed by atoms with Gasteiger partial charge in [0.15, 0.2) is 5.78 Å². The number of phenolic OH excluding ortho intramolecular Hbond substituents is 1. The minimum absolute atomic E-state index is 0.0421. The van der Waals surface area contributed by atoms with Gasteiger partial charge in [0, 0.05) is 38.9 Å². The molecule has 1 aliphatic rings. The molecule has 5 amide bonds. The molecule has 0 radical (unpaired) electrons. The van der Waals surface area contributed by atoms with E-state index in [-0.39, 0.29) is 140 Å². The molecule has 2 rings (SSSR count). The van der Waals surface area contributed by atoms with Crippen LogP contribution in [0.15, 0.2) is 24.3 Å². The van der Waals surface area contributed by atoms with E-state index in [2.05, 4.69) is 21.3 Å². The van der Waals surface area contributed by atoms with Crippen LogP contribution in [0.3, 0.4) is 0 Å². The van der Waals surface area contributed by atoms with E-state index in [4.69, 9.17) is 29.8 Å². The van der Waals surface area contributed by atoms with Gasteiger partial charge < -0.3 is 60.9 Å². The summed E-state index contributed by atoms with van der Waals surface area (Å²) in [5, 5.41) is 38.4. The Kier molecular flexibility index (Phi) is 34.4. The van der Waals surface area contributed by atoms with Crippen LogP contribution in [0.4, 0.5) is 0 Å². The summed E-state index contributed by atoms with van der Waals surface area (Å²) in [6.07, 6.45) is 16.7. The van der Waals surface area contributed by atoms with Crippen molar-refractivity contribution in [3.63, 3.8) is 0 Å². The number of nitrogens with zero attached hydrogens (tertiary/aromatic N) is 1. The van der Waals surface area contributed by atoms with Gasteiger partial charge in [-0.3, -0.25) is 38.9 Å². The Labute approximate surface area is 418 Å². The summed E-state index contributed by atoms with van der Waals surface area (Å²) in [6, 6.07) is 3.73. The van der Waals surface area contributed by atoms with Gasteiger partial charge in [-0.1, -0.05) is 89.2 Å². The van der Waals surface area contributed by atoms with Crippen LogP contribution < -0.4 is 27.0 Å². The standard InChI is InChI=1S/C50H82N6O15/c51-49(65)41(34-38-19-21-39(57)22-20-38)54-35-43(58)42-16-15-27-56(42)47(62)37-71-33-31-69-29-26-53-46(61)36-70-32-30-68-28-25-52-44(59)24-23-40(50(66)67)55-45(60)17-13-11-9-7-5-3-1-2-4-6-8-10-12-14-18-48(63)64/h19-22,40-42,54,57H,1-18,23-37H2,(H2,51,65)(H,52,59)(H,53,61)(H,55,60)(H,63,64)(H,66,67)/t40?,41-,42-/m0/s1. The zero-order valence-electron chi connectivity index (χ0n) is 41.6. The van der Waals surface area contributed by atoms with Crippen LogP contribution in [-0.4, -0.2) is 165 Å². The van der Waals surface area contributed by atoms with Gasteiger partial charge in [0.05, 0.1) is 58.3 Å². The Hall–Kier alpha value is -5.22. The van der Waals surface area contributed by atoms with Crippen molar-refractivity contribution in [2.24, 2.45) is 5.73 Å². The number of amides is 5. The van der Waals surface area contributed by atoms with Crippen LogP contribution in [0.2, 0.25) is 0 Å². The number of aliphatic carboxylic acids is 2. The Morgan fingerprint density at radius 3 is 1.69 bits per heavy atom. The molecule has 1 aromatic rings. The quantitative estimate of drug-likeness (QED) is 0.0436. The van der Waals surface area contributed by atoms with E-state index in [0.29, 0.717) is 25.8 Å². The van der Waals surface area contributed by atoms with E-state index in [1.807, 2.05) is 0 Å². The number of carboxylic acids is 2. The average Bonchev–Trinajstić information content (AvgIpc) is 3.84. The number of nitrogens with one attached hydrogen (secondary N) is 4. The summed E-state index contributed by atoms with van der Waals surface area (Å²) in [6.45, 7) is 1.23. The number of Topliss-reactive ketones (excluding diaryl/α,β-unsaturated/α-hetero) is 1. The number of unbranched alkanes of at least 4 members (excludes halogenated alkanes) is 13. The largest absolute Gasteiger partial charge is 0.508 e. The zero-order valence-corrected chi connectivity index (χ0v) is 41.6. The van der Waals surface area contributed by atoms with Crippen molar-refractivity contribution in [1.82, 2.24) is 26.2 Å². The summed E-state index contributed by atoms with van der Waals surface area (Å²) in [5.41, 5.74) is 6.29. The lowest BCUT2D eigenvalue weighted by molar-refractivity contribution is -0.142. The Morgan fingerprint density at radius 2 is 1.14 bits per heavy atom. The van der Waals surface area contributed by atoms with Crippen LogP contribution in [0.1, 0.15) is 134 Å². The van der Waals surface area contributed by atoms with E-state index in [9.17, 15) is 48.6 Å². The summed E-state index contributed by atoms with van der Waals surface area (Å²) >= 11 is 0. The maximum Gasteiger partial charge on any atom is 0.326 e. The molecule has 1 saturated heterocycles. The number of carboxylic acid groups (broad SMARTS) is 2. The summed E-state index contributed by atoms with van der Waals surface area (Å²) in [7, 11) is 0. The normalized spacial score (nSPS) is 14.1. The third kappa shape index (κ3) is 31.7. The second kappa shape index (κ2) is 39.4. The van der Waals surface area contributed by atoms with Crippen LogP contribution in [0, 0.1) is 0 Å². The Morgan fingerprint density at radius 1 is 0.620 bits per heavy atom. The number of primary amides is 1. The number of phenols is 1. The van der Waals surface area contributed by atoms with Gasteiger partial charge in [-0.15, -0.1) is 0 Å². The molecule has 71 heavy (non-hydrogen) atoms. The number of hydrogen-bond donors (Lipinski definition) is 8. The highest BCUT2D eigenvalue weighted by Crippen LogP contribution is 2.19. The first-order chi connectivity index (χ1) is 34.3. The minimum atomic E-state index is -1.20. The third-order valence-electron chi connectivity index (χ3n) is 11.9.